The van der Waals surface area contributed by atoms with Gasteiger partial charge < -0.3 is 15.5 Å². The Hall–Kier alpha value is -1.59. The minimum absolute atomic E-state index is 0.286. The molecule has 0 atom stereocenters. The third kappa shape index (κ3) is 4.22. The van der Waals surface area contributed by atoms with Crippen LogP contribution in [0.25, 0.3) is 0 Å². The van der Waals surface area contributed by atoms with Crippen molar-refractivity contribution in [3.05, 3.63) is 0 Å². The molecule has 1 rings (SSSR count). The van der Waals surface area contributed by atoms with E-state index in [1.54, 1.807) is 0 Å². The number of nitrogens with two attached hydrogens (primary N) is 1. The smallest absolute Gasteiger partial charge is 0.231 e. The van der Waals surface area contributed by atoms with Crippen LogP contribution in [0.5, 0.6) is 0 Å². The molecule has 1 aromatic rings. The van der Waals surface area contributed by atoms with Gasteiger partial charge in [0.05, 0.1) is 0 Å². The number of anilines is 3. The molecule has 6 heteroatoms. The number of nitrogen functional groups attached to an aromatic ring is 1. The molecule has 2 N–H and O–H groups in total. The molecule has 19 heavy (non-hydrogen) atoms. The summed E-state index contributed by atoms with van der Waals surface area (Å²) in [5.41, 5.74) is 5.81. The molecular weight excluding hydrogens is 240 g/mol. The molecule has 0 saturated carbocycles. The Bertz CT molecular complexity index is 389. The van der Waals surface area contributed by atoms with Crippen LogP contribution in [0.15, 0.2) is 0 Å². The molecular formula is C13H26N6. The van der Waals surface area contributed by atoms with E-state index in [1.807, 2.05) is 0 Å². The van der Waals surface area contributed by atoms with E-state index in [2.05, 4.69) is 59.4 Å². The number of hydrogen-bond donors (Lipinski definition) is 1. The predicted octanol–water partition coefficient (Wildman–Crippen LogP) is 1.78. The maximum absolute atomic E-state index is 5.81. The lowest BCUT2D eigenvalue weighted by Gasteiger charge is -2.25. The predicted molar refractivity (Wildman–Crippen MR) is 80.5 cm³/mol. The van der Waals surface area contributed by atoms with E-state index in [-0.39, 0.29) is 5.95 Å². The van der Waals surface area contributed by atoms with Gasteiger partial charge in [-0.15, -0.1) is 0 Å². The average Bonchev–Trinajstić information content (AvgIpc) is 2.36. The molecule has 1 heterocycles. The molecule has 108 valence electrons. The van der Waals surface area contributed by atoms with Gasteiger partial charge in [-0.2, -0.15) is 15.0 Å². The van der Waals surface area contributed by atoms with Crippen molar-refractivity contribution in [1.29, 1.82) is 0 Å². The molecule has 0 amide bonds. The van der Waals surface area contributed by atoms with Gasteiger partial charge in [-0.25, -0.2) is 0 Å². The Kier molecular flexibility index (Phi) is 5.79. The zero-order valence-electron chi connectivity index (χ0n) is 12.7. The van der Waals surface area contributed by atoms with Crippen molar-refractivity contribution in [1.82, 2.24) is 15.0 Å². The second-order valence-corrected chi connectivity index (χ2v) is 4.90. The van der Waals surface area contributed by atoms with Crippen molar-refractivity contribution in [2.45, 2.75) is 34.6 Å². The van der Waals surface area contributed by atoms with E-state index in [0.717, 1.165) is 26.2 Å². The lowest BCUT2D eigenvalue weighted by atomic mass is 10.2. The quantitative estimate of drug-likeness (QED) is 0.811. The lowest BCUT2D eigenvalue weighted by Crippen LogP contribution is -2.31. The normalized spacial score (nSPS) is 10.8. The van der Waals surface area contributed by atoms with Gasteiger partial charge in [-0.3, -0.25) is 0 Å². The Labute approximate surface area is 116 Å². The van der Waals surface area contributed by atoms with Crippen molar-refractivity contribution >= 4 is 17.8 Å². The average molecular weight is 266 g/mol. The van der Waals surface area contributed by atoms with E-state index in [4.69, 9.17) is 5.73 Å². The molecule has 1 aromatic heterocycles. The molecule has 0 radical (unpaired) electrons. The van der Waals surface area contributed by atoms with E-state index in [0.29, 0.717) is 17.8 Å². The van der Waals surface area contributed by atoms with Gasteiger partial charge in [0.2, 0.25) is 17.8 Å². The molecule has 0 bridgehead atoms. The Morgan fingerprint density at radius 3 is 1.79 bits per heavy atom. The van der Waals surface area contributed by atoms with Gasteiger partial charge >= 0.3 is 0 Å². The first-order chi connectivity index (χ1) is 9.01. The first-order valence-electron chi connectivity index (χ1n) is 7.03. The van der Waals surface area contributed by atoms with Crippen LogP contribution in [0, 0.1) is 5.92 Å². The fourth-order valence-corrected chi connectivity index (χ4v) is 1.95. The van der Waals surface area contributed by atoms with Crippen LogP contribution in [0.1, 0.15) is 34.6 Å². The topological polar surface area (TPSA) is 71.2 Å². The van der Waals surface area contributed by atoms with Crippen LogP contribution < -0.4 is 15.5 Å². The minimum atomic E-state index is 0.286. The van der Waals surface area contributed by atoms with Crippen LogP contribution in [0.3, 0.4) is 0 Å². The van der Waals surface area contributed by atoms with Crippen molar-refractivity contribution in [3.8, 4) is 0 Å². The highest BCUT2D eigenvalue weighted by atomic mass is 15.3. The highest BCUT2D eigenvalue weighted by molar-refractivity contribution is 5.43. The largest absolute Gasteiger partial charge is 0.368 e. The van der Waals surface area contributed by atoms with Gasteiger partial charge in [-0.1, -0.05) is 13.8 Å². The van der Waals surface area contributed by atoms with Gasteiger partial charge in [-0.05, 0) is 26.7 Å². The molecule has 0 aromatic carbocycles. The van der Waals surface area contributed by atoms with Crippen molar-refractivity contribution in [3.63, 3.8) is 0 Å². The van der Waals surface area contributed by atoms with Crippen LogP contribution in [-0.2, 0) is 0 Å². The van der Waals surface area contributed by atoms with Crippen LogP contribution in [-0.4, -0.2) is 41.1 Å². The summed E-state index contributed by atoms with van der Waals surface area (Å²) in [4.78, 5) is 17.2. The summed E-state index contributed by atoms with van der Waals surface area (Å²) < 4.78 is 0. The number of nitrogens with zero attached hydrogens (tertiary/aromatic N) is 5. The summed E-state index contributed by atoms with van der Waals surface area (Å²) in [6.45, 7) is 14.1. The lowest BCUT2D eigenvalue weighted by molar-refractivity contribution is 0.608. The van der Waals surface area contributed by atoms with E-state index < -0.39 is 0 Å². The van der Waals surface area contributed by atoms with Crippen molar-refractivity contribution in [2.24, 2.45) is 5.92 Å². The highest BCUT2D eigenvalue weighted by Crippen LogP contribution is 2.16. The van der Waals surface area contributed by atoms with Crippen molar-refractivity contribution in [2.75, 3.05) is 41.7 Å². The van der Waals surface area contributed by atoms with Gasteiger partial charge in [0.15, 0.2) is 0 Å². The molecule has 0 aliphatic rings. The van der Waals surface area contributed by atoms with Crippen LogP contribution >= 0.6 is 0 Å². The van der Waals surface area contributed by atoms with E-state index in [9.17, 15) is 0 Å². The molecule has 0 spiro atoms. The fourth-order valence-electron chi connectivity index (χ4n) is 1.95. The third-order valence-electron chi connectivity index (χ3n) is 2.93. The zero-order chi connectivity index (χ0) is 14.4. The highest BCUT2D eigenvalue weighted by Gasteiger charge is 2.14. The molecule has 0 aliphatic carbocycles. The molecule has 6 nitrogen and oxygen atoms in total. The number of hydrogen-bond acceptors (Lipinski definition) is 6. The Balaban J connectivity index is 3.06. The molecule has 0 saturated heterocycles. The fraction of sp³-hybridized carbons (Fsp3) is 0.769. The summed E-state index contributed by atoms with van der Waals surface area (Å²) in [5, 5.41) is 0. The summed E-state index contributed by atoms with van der Waals surface area (Å²) in [6.07, 6.45) is 0. The molecule has 0 unspecified atom stereocenters. The Morgan fingerprint density at radius 2 is 1.37 bits per heavy atom. The monoisotopic (exact) mass is 266 g/mol. The summed E-state index contributed by atoms with van der Waals surface area (Å²) in [6, 6.07) is 0. The standard InChI is InChI=1S/C13H26N6/c1-6-18(7-2)12-15-11(14)16-13(17-12)19(8-3)9-10(4)5/h10H,6-9H2,1-5H3,(H2,14,15,16,17). The summed E-state index contributed by atoms with van der Waals surface area (Å²) in [7, 11) is 0. The first kappa shape index (κ1) is 15.5. The second-order valence-electron chi connectivity index (χ2n) is 4.90. The minimum Gasteiger partial charge on any atom is -0.368 e. The zero-order valence-corrected chi connectivity index (χ0v) is 12.7. The summed E-state index contributed by atoms with van der Waals surface area (Å²) in [5.74, 6) is 2.17. The maximum Gasteiger partial charge on any atom is 0.231 e. The SMILES string of the molecule is CCN(CC)c1nc(N)nc(N(CC)CC(C)C)n1. The number of rotatable bonds is 7. The molecule has 0 fully saturated rings. The third-order valence-corrected chi connectivity index (χ3v) is 2.93. The maximum atomic E-state index is 5.81. The van der Waals surface area contributed by atoms with E-state index in [1.165, 1.54) is 0 Å². The second kappa shape index (κ2) is 7.11. The van der Waals surface area contributed by atoms with Gasteiger partial charge in [0.1, 0.15) is 0 Å². The van der Waals surface area contributed by atoms with Crippen LogP contribution in [0.2, 0.25) is 0 Å². The van der Waals surface area contributed by atoms with Gasteiger partial charge in [0.25, 0.3) is 0 Å². The Morgan fingerprint density at radius 1 is 0.895 bits per heavy atom. The van der Waals surface area contributed by atoms with E-state index >= 15 is 0 Å². The van der Waals surface area contributed by atoms with Gasteiger partial charge in [0, 0.05) is 26.2 Å². The van der Waals surface area contributed by atoms with Crippen LogP contribution in [0.4, 0.5) is 17.8 Å². The first-order valence-corrected chi connectivity index (χ1v) is 7.03. The number of aromatic nitrogens is 3. The molecule has 0 aliphatic heterocycles. The van der Waals surface area contributed by atoms with Crippen molar-refractivity contribution < 1.29 is 0 Å². The summed E-state index contributed by atoms with van der Waals surface area (Å²) >= 11 is 0.